The molecule has 0 saturated carbocycles. The highest BCUT2D eigenvalue weighted by atomic mass is 127. The number of aromatic hydroxyl groups is 1. The average molecular weight is 375 g/mol. The third-order valence-corrected chi connectivity index (χ3v) is 3.13. The molecule has 92 valence electrons. The fourth-order valence-electron chi connectivity index (χ4n) is 1.32. The van der Waals surface area contributed by atoms with Gasteiger partial charge >= 0.3 is 0 Å². The third-order valence-electron chi connectivity index (χ3n) is 2.16. The lowest BCUT2D eigenvalue weighted by Crippen LogP contribution is -2.13. The van der Waals surface area contributed by atoms with Crippen molar-refractivity contribution in [1.29, 1.82) is 0 Å². The van der Waals surface area contributed by atoms with E-state index in [0.29, 0.717) is 5.82 Å². The van der Waals surface area contributed by atoms with E-state index in [0.717, 1.165) is 3.57 Å². The maximum atomic E-state index is 11.9. The van der Waals surface area contributed by atoms with Crippen LogP contribution in [-0.4, -0.2) is 16.0 Å². The molecule has 0 fully saturated rings. The van der Waals surface area contributed by atoms with Crippen LogP contribution in [0.1, 0.15) is 10.4 Å². The quantitative estimate of drug-likeness (QED) is 0.793. The van der Waals surface area contributed by atoms with E-state index >= 15 is 0 Å². The second kappa shape index (κ2) is 5.53. The maximum absolute atomic E-state index is 11.9. The zero-order valence-corrected chi connectivity index (χ0v) is 11.9. The number of hydrogen-bond acceptors (Lipinski definition) is 3. The van der Waals surface area contributed by atoms with Gasteiger partial charge in [0.25, 0.3) is 5.91 Å². The molecule has 1 heterocycles. The van der Waals surface area contributed by atoms with E-state index < -0.39 is 5.91 Å². The van der Waals surface area contributed by atoms with Gasteiger partial charge in [-0.05, 0) is 52.9 Å². The lowest BCUT2D eigenvalue weighted by molar-refractivity contribution is 0.102. The van der Waals surface area contributed by atoms with E-state index in [9.17, 15) is 9.90 Å². The van der Waals surface area contributed by atoms with Gasteiger partial charge in [-0.2, -0.15) is 0 Å². The highest BCUT2D eigenvalue weighted by molar-refractivity contribution is 14.1. The summed E-state index contributed by atoms with van der Waals surface area (Å²) in [5, 5.41) is 12.2. The first-order valence-corrected chi connectivity index (χ1v) is 6.43. The summed E-state index contributed by atoms with van der Waals surface area (Å²) in [5.41, 5.74) is 0.206. The summed E-state index contributed by atoms with van der Waals surface area (Å²) in [6.45, 7) is 0. The van der Waals surface area contributed by atoms with Gasteiger partial charge in [0.15, 0.2) is 0 Å². The van der Waals surface area contributed by atoms with Crippen molar-refractivity contribution in [3.05, 3.63) is 50.7 Å². The SMILES string of the molecule is O=C(Nc1ccc(I)cn1)c1cc(O)ccc1Cl. The summed E-state index contributed by atoms with van der Waals surface area (Å²) in [6, 6.07) is 7.71. The fraction of sp³-hybridized carbons (Fsp3) is 0. The number of amides is 1. The monoisotopic (exact) mass is 374 g/mol. The minimum Gasteiger partial charge on any atom is -0.508 e. The van der Waals surface area contributed by atoms with Crippen LogP contribution >= 0.6 is 34.2 Å². The molecule has 2 rings (SSSR count). The average Bonchev–Trinajstić information content (AvgIpc) is 2.35. The van der Waals surface area contributed by atoms with E-state index in [1.165, 1.54) is 18.2 Å². The number of nitrogens with zero attached hydrogens (tertiary/aromatic N) is 1. The van der Waals surface area contributed by atoms with Gasteiger partial charge in [0.1, 0.15) is 11.6 Å². The Balaban J connectivity index is 2.21. The number of hydrogen-bond donors (Lipinski definition) is 2. The van der Waals surface area contributed by atoms with E-state index in [1.54, 1.807) is 12.3 Å². The van der Waals surface area contributed by atoms with Gasteiger partial charge in [-0.3, -0.25) is 4.79 Å². The van der Waals surface area contributed by atoms with Crippen molar-refractivity contribution in [2.45, 2.75) is 0 Å². The first-order chi connectivity index (χ1) is 8.56. The normalized spacial score (nSPS) is 10.1. The smallest absolute Gasteiger partial charge is 0.258 e. The van der Waals surface area contributed by atoms with E-state index in [1.807, 2.05) is 6.07 Å². The predicted octanol–water partition coefficient (Wildman–Crippen LogP) is 3.30. The summed E-state index contributed by atoms with van der Waals surface area (Å²) < 4.78 is 0.973. The minimum atomic E-state index is -0.412. The molecule has 0 bridgehead atoms. The lowest BCUT2D eigenvalue weighted by Gasteiger charge is -2.06. The van der Waals surface area contributed by atoms with Crippen molar-refractivity contribution in [3.8, 4) is 5.75 Å². The molecule has 0 unspecified atom stereocenters. The molecule has 4 nitrogen and oxygen atoms in total. The van der Waals surface area contributed by atoms with Crippen LogP contribution in [0.25, 0.3) is 0 Å². The predicted molar refractivity (Wildman–Crippen MR) is 78.0 cm³/mol. The number of nitrogens with one attached hydrogen (secondary N) is 1. The first-order valence-electron chi connectivity index (χ1n) is 4.97. The molecular weight excluding hydrogens is 367 g/mol. The number of benzene rings is 1. The number of pyridine rings is 1. The van der Waals surface area contributed by atoms with Crippen LogP contribution in [-0.2, 0) is 0 Å². The van der Waals surface area contributed by atoms with Crippen LogP contribution in [0.5, 0.6) is 5.75 Å². The van der Waals surface area contributed by atoms with Gasteiger partial charge < -0.3 is 10.4 Å². The highest BCUT2D eigenvalue weighted by Crippen LogP contribution is 2.22. The summed E-state index contributed by atoms with van der Waals surface area (Å²) in [7, 11) is 0. The summed E-state index contributed by atoms with van der Waals surface area (Å²) >= 11 is 8.01. The number of aromatic nitrogens is 1. The van der Waals surface area contributed by atoms with Crippen LogP contribution < -0.4 is 5.32 Å². The summed E-state index contributed by atoms with van der Waals surface area (Å²) in [4.78, 5) is 16.0. The zero-order valence-electron chi connectivity index (χ0n) is 9.02. The molecule has 0 aliphatic rings. The molecule has 0 aliphatic heterocycles. The second-order valence-corrected chi connectivity index (χ2v) is 5.13. The molecule has 0 saturated heterocycles. The highest BCUT2D eigenvalue weighted by Gasteiger charge is 2.11. The van der Waals surface area contributed by atoms with Crippen LogP contribution in [0.15, 0.2) is 36.5 Å². The van der Waals surface area contributed by atoms with Crippen LogP contribution in [0.4, 0.5) is 5.82 Å². The number of phenols is 1. The second-order valence-electron chi connectivity index (χ2n) is 3.48. The van der Waals surface area contributed by atoms with Crippen LogP contribution in [0, 0.1) is 3.57 Å². The molecule has 1 aromatic heterocycles. The standard InChI is InChI=1S/C12H8ClIN2O2/c13-10-3-2-8(17)5-9(10)12(18)16-11-4-1-7(14)6-15-11/h1-6,17H,(H,15,16,18). The van der Waals surface area contributed by atoms with Crippen molar-refractivity contribution in [2.75, 3.05) is 5.32 Å². The van der Waals surface area contributed by atoms with Gasteiger partial charge in [0.05, 0.1) is 10.6 Å². The van der Waals surface area contributed by atoms with Crippen molar-refractivity contribution in [2.24, 2.45) is 0 Å². The number of halogens is 2. The third kappa shape index (κ3) is 3.11. The Kier molecular flexibility index (Phi) is 4.03. The van der Waals surface area contributed by atoms with Gasteiger partial charge in [-0.1, -0.05) is 11.6 Å². The fourth-order valence-corrected chi connectivity index (χ4v) is 1.84. The number of carbonyl (C=O) groups is 1. The maximum Gasteiger partial charge on any atom is 0.258 e. The Bertz CT molecular complexity index is 587. The number of carbonyl (C=O) groups excluding carboxylic acids is 1. The first kappa shape index (κ1) is 13.1. The molecule has 2 aromatic rings. The Labute approximate surface area is 122 Å². The Morgan fingerprint density at radius 2 is 2.11 bits per heavy atom. The van der Waals surface area contributed by atoms with Crippen LogP contribution in [0.3, 0.4) is 0 Å². The van der Waals surface area contributed by atoms with Crippen LogP contribution in [0.2, 0.25) is 5.02 Å². The van der Waals surface area contributed by atoms with E-state index in [4.69, 9.17) is 11.6 Å². The topological polar surface area (TPSA) is 62.2 Å². The van der Waals surface area contributed by atoms with E-state index in [2.05, 4.69) is 32.9 Å². The van der Waals surface area contributed by atoms with Crippen molar-refractivity contribution in [1.82, 2.24) is 4.98 Å². The van der Waals surface area contributed by atoms with Crippen molar-refractivity contribution in [3.63, 3.8) is 0 Å². The summed E-state index contributed by atoms with van der Waals surface area (Å²) in [6.07, 6.45) is 1.64. The molecule has 1 amide bonds. The van der Waals surface area contributed by atoms with E-state index in [-0.39, 0.29) is 16.3 Å². The molecular formula is C12H8ClIN2O2. The largest absolute Gasteiger partial charge is 0.508 e. The molecule has 0 atom stereocenters. The molecule has 0 aliphatic carbocycles. The Morgan fingerprint density at radius 1 is 1.33 bits per heavy atom. The van der Waals surface area contributed by atoms with Gasteiger partial charge in [0, 0.05) is 9.77 Å². The number of phenolic OH excluding ortho intramolecular Hbond substituents is 1. The molecule has 0 radical (unpaired) electrons. The molecule has 2 N–H and O–H groups in total. The zero-order chi connectivity index (χ0) is 13.1. The molecule has 18 heavy (non-hydrogen) atoms. The van der Waals surface area contributed by atoms with Gasteiger partial charge in [0.2, 0.25) is 0 Å². The Hall–Kier alpha value is -1.34. The number of anilines is 1. The summed E-state index contributed by atoms with van der Waals surface area (Å²) in [5.74, 6) is 0.00422. The Morgan fingerprint density at radius 3 is 2.78 bits per heavy atom. The van der Waals surface area contributed by atoms with Gasteiger partial charge in [-0.15, -0.1) is 0 Å². The molecule has 6 heteroatoms. The minimum absolute atomic E-state index is 0.0138. The van der Waals surface area contributed by atoms with Gasteiger partial charge in [-0.25, -0.2) is 4.98 Å². The molecule has 0 spiro atoms. The molecule has 1 aromatic carbocycles. The lowest BCUT2D eigenvalue weighted by atomic mass is 10.2. The van der Waals surface area contributed by atoms with Crippen molar-refractivity contribution < 1.29 is 9.90 Å². The van der Waals surface area contributed by atoms with Crippen molar-refractivity contribution >= 4 is 45.9 Å². The number of rotatable bonds is 2.